The van der Waals surface area contributed by atoms with Gasteiger partial charge in [0.25, 0.3) is 0 Å². The van der Waals surface area contributed by atoms with Crippen LogP contribution in [0, 0.1) is 11.8 Å². The van der Waals surface area contributed by atoms with E-state index in [-0.39, 0.29) is 30.2 Å². The lowest BCUT2D eigenvalue weighted by Crippen LogP contribution is -2.54. The molecule has 0 radical (unpaired) electrons. The summed E-state index contributed by atoms with van der Waals surface area (Å²) in [6, 6.07) is 6.71. The molecule has 1 saturated carbocycles. The molecule has 3 fully saturated rings. The summed E-state index contributed by atoms with van der Waals surface area (Å²) >= 11 is 0. The van der Waals surface area contributed by atoms with Crippen molar-refractivity contribution in [3.8, 4) is 0 Å². The van der Waals surface area contributed by atoms with Crippen LogP contribution in [0.1, 0.15) is 44.1 Å². The van der Waals surface area contributed by atoms with E-state index in [0.29, 0.717) is 17.7 Å². The zero-order valence-electron chi connectivity index (χ0n) is 16.0. The largest absolute Gasteiger partial charge is 0.370 e. The zero-order chi connectivity index (χ0) is 20.3. The Morgan fingerprint density at radius 1 is 1.14 bits per heavy atom. The van der Waals surface area contributed by atoms with Gasteiger partial charge >= 0.3 is 0 Å². The number of amides is 4. The molecule has 5 rings (SSSR count). The second kappa shape index (κ2) is 6.38. The summed E-state index contributed by atoms with van der Waals surface area (Å²) in [6.07, 6.45) is 4.01. The minimum atomic E-state index is -1.29. The van der Waals surface area contributed by atoms with Gasteiger partial charge in [0.05, 0.1) is 11.8 Å². The Morgan fingerprint density at radius 3 is 2.59 bits per heavy atom. The van der Waals surface area contributed by atoms with Crippen LogP contribution in [0.15, 0.2) is 24.3 Å². The lowest BCUT2D eigenvalue weighted by molar-refractivity contribution is -0.145. The Labute approximate surface area is 168 Å². The van der Waals surface area contributed by atoms with E-state index in [2.05, 4.69) is 10.6 Å². The molecule has 1 aromatic carbocycles. The quantitative estimate of drug-likeness (QED) is 0.644. The summed E-state index contributed by atoms with van der Waals surface area (Å²) in [7, 11) is 0. The molecule has 4 N–H and O–H groups in total. The number of nitrogens with two attached hydrogens (primary N) is 1. The topological polar surface area (TPSA) is 122 Å². The van der Waals surface area contributed by atoms with Crippen molar-refractivity contribution in [1.29, 1.82) is 0 Å². The van der Waals surface area contributed by atoms with E-state index in [0.717, 1.165) is 25.7 Å². The summed E-state index contributed by atoms with van der Waals surface area (Å²) in [4.78, 5) is 53.0. The minimum absolute atomic E-state index is 0.0884. The van der Waals surface area contributed by atoms with Crippen molar-refractivity contribution >= 4 is 29.3 Å². The molecule has 4 atom stereocenters. The van der Waals surface area contributed by atoms with Crippen molar-refractivity contribution in [1.82, 2.24) is 10.2 Å². The number of hydrogen-bond acceptors (Lipinski definition) is 5. The number of primary amides is 1. The lowest BCUT2D eigenvalue weighted by atomic mass is 9.76. The molecule has 0 aromatic heterocycles. The van der Waals surface area contributed by atoms with Gasteiger partial charge < -0.3 is 11.1 Å². The van der Waals surface area contributed by atoms with Crippen molar-refractivity contribution in [3.05, 3.63) is 29.8 Å². The molecule has 4 amide bonds. The normalized spacial score (nSPS) is 33.4. The van der Waals surface area contributed by atoms with Gasteiger partial charge in [-0.2, -0.15) is 0 Å². The van der Waals surface area contributed by atoms with Gasteiger partial charge in [-0.3, -0.25) is 29.4 Å². The van der Waals surface area contributed by atoms with Gasteiger partial charge in [0.1, 0.15) is 5.54 Å². The van der Waals surface area contributed by atoms with Crippen LogP contribution in [0.4, 0.5) is 5.69 Å². The van der Waals surface area contributed by atoms with E-state index in [9.17, 15) is 19.2 Å². The molecule has 3 aliphatic heterocycles. The van der Waals surface area contributed by atoms with Gasteiger partial charge in [-0.25, -0.2) is 0 Å². The SMILES string of the molecule is NC(=O)CCC1NC2(C(=O)Nc3ccccc32)[C@@H]2C(=O)N(C3CCCC3)C(=O)[C@H]12. The van der Waals surface area contributed by atoms with Crippen molar-refractivity contribution in [3.63, 3.8) is 0 Å². The highest BCUT2D eigenvalue weighted by atomic mass is 16.2. The van der Waals surface area contributed by atoms with E-state index in [1.165, 1.54) is 4.90 Å². The number of benzene rings is 1. The summed E-state index contributed by atoms with van der Waals surface area (Å²) in [5, 5.41) is 6.19. The number of imide groups is 1. The number of nitrogens with one attached hydrogen (secondary N) is 2. The summed E-state index contributed by atoms with van der Waals surface area (Å²) in [5.41, 5.74) is 5.39. The first kappa shape index (κ1) is 18.3. The Hall–Kier alpha value is -2.74. The van der Waals surface area contributed by atoms with Crippen LogP contribution in [0.3, 0.4) is 0 Å². The van der Waals surface area contributed by atoms with Gasteiger partial charge in [-0.1, -0.05) is 31.0 Å². The molecule has 2 saturated heterocycles. The van der Waals surface area contributed by atoms with Crippen molar-refractivity contribution in [2.75, 3.05) is 5.32 Å². The van der Waals surface area contributed by atoms with Gasteiger partial charge in [0, 0.05) is 29.8 Å². The van der Waals surface area contributed by atoms with Crippen molar-refractivity contribution in [2.45, 2.75) is 56.1 Å². The highest BCUT2D eigenvalue weighted by Crippen LogP contribution is 2.54. The van der Waals surface area contributed by atoms with Crippen LogP contribution < -0.4 is 16.4 Å². The lowest BCUT2D eigenvalue weighted by Gasteiger charge is -2.31. The molecule has 8 heteroatoms. The van der Waals surface area contributed by atoms with Gasteiger partial charge in [0.15, 0.2) is 0 Å². The number of anilines is 1. The Balaban J connectivity index is 1.61. The molecular formula is C21H24N4O4. The summed E-state index contributed by atoms with van der Waals surface area (Å²) in [6.45, 7) is 0. The summed E-state index contributed by atoms with van der Waals surface area (Å²) in [5.74, 6) is -2.75. The predicted octanol–water partition coefficient (Wildman–Crippen LogP) is 0.615. The maximum Gasteiger partial charge on any atom is 0.250 e. The molecule has 1 aliphatic carbocycles. The standard InChI is InChI=1S/C21H24N4O4/c22-15(26)10-9-14-16-17(19(28)25(18(16)27)11-5-1-2-6-11)21(24-14)12-7-3-4-8-13(12)23-20(21)29/h3-4,7-8,11,14,16-17,24H,1-2,5-6,9-10H2,(H2,22,26)(H,23,29)/t14?,16-,17+,21?/m1/s1. The van der Waals surface area contributed by atoms with Crippen LogP contribution in [-0.4, -0.2) is 40.6 Å². The Morgan fingerprint density at radius 2 is 1.86 bits per heavy atom. The van der Waals surface area contributed by atoms with Crippen LogP contribution >= 0.6 is 0 Å². The maximum atomic E-state index is 13.6. The molecule has 8 nitrogen and oxygen atoms in total. The molecule has 152 valence electrons. The molecule has 3 heterocycles. The smallest absolute Gasteiger partial charge is 0.250 e. The number of hydrogen-bond donors (Lipinski definition) is 3. The fourth-order valence-electron chi connectivity index (χ4n) is 5.85. The van der Waals surface area contributed by atoms with Crippen LogP contribution in [0.5, 0.6) is 0 Å². The number of carbonyl (C=O) groups is 4. The van der Waals surface area contributed by atoms with Crippen LogP contribution in [0.25, 0.3) is 0 Å². The monoisotopic (exact) mass is 396 g/mol. The molecule has 29 heavy (non-hydrogen) atoms. The van der Waals surface area contributed by atoms with E-state index in [4.69, 9.17) is 5.73 Å². The van der Waals surface area contributed by atoms with E-state index >= 15 is 0 Å². The first-order chi connectivity index (χ1) is 13.9. The number of nitrogens with zero attached hydrogens (tertiary/aromatic N) is 1. The third-order valence-electron chi connectivity index (χ3n) is 7.05. The molecule has 4 aliphatic rings. The predicted molar refractivity (Wildman–Crippen MR) is 103 cm³/mol. The van der Waals surface area contributed by atoms with Gasteiger partial charge in [-0.15, -0.1) is 0 Å². The van der Waals surface area contributed by atoms with Gasteiger partial charge in [-0.05, 0) is 25.3 Å². The fourth-order valence-corrected chi connectivity index (χ4v) is 5.85. The van der Waals surface area contributed by atoms with Crippen LogP contribution in [-0.2, 0) is 24.7 Å². The second-order valence-electron chi connectivity index (χ2n) is 8.55. The van der Waals surface area contributed by atoms with Crippen molar-refractivity contribution < 1.29 is 19.2 Å². The molecule has 1 spiro atoms. The molecule has 2 unspecified atom stereocenters. The number of likely N-dealkylation sites (tertiary alicyclic amines) is 1. The van der Waals surface area contributed by atoms with Gasteiger partial charge in [0.2, 0.25) is 23.6 Å². The number of para-hydroxylation sites is 1. The number of fused-ring (bicyclic) bond motifs is 4. The highest BCUT2D eigenvalue weighted by molar-refractivity contribution is 6.15. The molecule has 0 bridgehead atoms. The maximum absolute atomic E-state index is 13.6. The molecular weight excluding hydrogens is 372 g/mol. The van der Waals surface area contributed by atoms with Crippen LogP contribution in [0.2, 0.25) is 0 Å². The van der Waals surface area contributed by atoms with E-state index in [1.807, 2.05) is 18.2 Å². The second-order valence-corrected chi connectivity index (χ2v) is 8.55. The Kier molecular flexibility index (Phi) is 4.03. The minimum Gasteiger partial charge on any atom is -0.370 e. The number of rotatable bonds is 4. The number of carbonyl (C=O) groups excluding carboxylic acids is 4. The van der Waals surface area contributed by atoms with Crippen molar-refractivity contribution in [2.24, 2.45) is 17.6 Å². The van der Waals surface area contributed by atoms with E-state index in [1.54, 1.807) is 6.07 Å². The highest BCUT2D eigenvalue weighted by Gasteiger charge is 2.70. The molecule has 1 aromatic rings. The average molecular weight is 396 g/mol. The fraction of sp³-hybridized carbons (Fsp3) is 0.524. The third-order valence-corrected chi connectivity index (χ3v) is 7.05. The first-order valence-electron chi connectivity index (χ1n) is 10.3. The average Bonchev–Trinajstić information content (AvgIpc) is 3.42. The Bertz CT molecular complexity index is 925. The third kappa shape index (κ3) is 2.41. The summed E-state index contributed by atoms with van der Waals surface area (Å²) < 4.78 is 0. The van der Waals surface area contributed by atoms with E-state index < -0.39 is 29.3 Å². The first-order valence-corrected chi connectivity index (χ1v) is 10.3. The zero-order valence-corrected chi connectivity index (χ0v) is 16.0.